The van der Waals surface area contributed by atoms with Gasteiger partial charge >= 0.3 is 0 Å². The molecule has 29 heavy (non-hydrogen) atoms. The molecule has 0 heterocycles. The van der Waals surface area contributed by atoms with Crippen molar-refractivity contribution >= 4 is 41.2 Å². The Hall–Kier alpha value is -2.77. The maximum Gasteiger partial charge on any atom is 0.249 e. The maximum absolute atomic E-state index is 11.9. The Balaban J connectivity index is 1.73. The molecule has 0 unspecified atom stereocenters. The highest BCUT2D eigenvalue weighted by atomic mass is 35.5. The molecular weight excluding hydrogens is 417 g/mol. The molecule has 0 aliphatic heterocycles. The van der Waals surface area contributed by atoms with Crippen molar-refractivity contribution in [2.75, 3.05) is 20.8 Å². The van der Waals surface area contributed by atoms with Crippen LogP contribution in [-0.4, -0.2) is 38.8 Å². The fourth-order valence-corrected chi connectivity index (χ4v) is 2.71. The van der Waals surface area contributed by atoms with Crippen LogP contribution in [0.3, 0.4) is 0 Å². The van der Waals surface area contributed by atoms with Crippen LogP contribution in [0.4, 0.5) is 0 Å². The van der Waals surface area contributed by atoms with E-state index < -0.39 is 11.8 Å². The van der Waals surface area contributed by atoms with Crippen LogP contribution in [0, 0.1) is 0 Å². The molecule has 2 amide bonds. The quantitative estimate of drug-likeness (QED) is 0.358. The molecule has 0 radical (unpaired) electrons. The average Bonchev–Trinajstić information content (AvgIpc) is 2.70. The molecule has 0 aromatic heterocycles. The number of carbonyl (C=O) groups is 2. The zero-order valence-corrected chi connectivity index (χ0v) is 17.5. The van der Waals surface area contributed by atoms with E-state index in [0.29, 0.717) is 40.1 Å². The normalized spacial score (nSPS) is 10.6. The number of nitrogens with one attached hydrogen (secondary N) is 2. The molecule has 7 nitrogen and oxygen atoms in total. The fraction of sp³-hybridized carbons (Fsp3) is 0.250. The summed E-state index contributed by atoms with van der Waals surface area (Å²) >= 11 is 11.7. The van der Waals surface area contributed by atoms with Crippen LogP contribution in [0.1, 0.15) is 17.5 Å². The second-order valence-corrected chi connectivity index (χ2v) is 6.75. The second kappa shape index (κ2) is 11.3. The number of hydrazone groups is 1. The number of ether oxygens (including phenoxy) is 2. The van der Waals surface area contributed by atoms with Crippen molar-refractivity contribution in [3.8, 4) is 11.5 Å². The number of methoxy groups -OCH3 is 2. The summed E-state index contributed by atoms with van der Waals surface area (Å²) in [5, 5.41) is 7.30. The van der Waals surface area contributed by atoms with Crippen LogP contribution in [0.25, 0.3) is 0 Å². The van der Waals surface area contributed by atoms with Crippen LogP contribution >= 0.6 is 23.2 Å². The maximum atomic E-state index is 11.9. The fourth-order valence-electron chi connectivity index (χ4n) is 2.40. The highest BCUT2D eigenvalue weighted by molar-refractivity contribution is 6.42. The van der Waals surface area contributed by atoms with Crippen LogP contribution in [0.15, 0.2) is 41.5 Å². The minimum absolute atomic E-state index is 0.329. The molecule has 2 N–H and O–H groups in total. The minimum Gasteiger partial charge on any atom is -0.493 e. The smallest absolute Gasteiger partial charge is 0.249 e. The van der Waals surface area contributed by atoms with Crippen molar-refractivity contribution in [1.29, 1.82) is 0 Å². The van der Waals surface area contributed by atoms with E-state index in [2.05, 4.69) is 15.8 Å². The molecule has 0 aliphatic rings. The van der Waals surface area contributed by atoms with Gasteiger partial charge in [0.2, 0.25) is 11.8 Å². The number of benzene rings is 2. The summed E-state index contributed by atoms with van der Waals surface area (Å²) < 4.78 is 10.4. The molecular formula is C20H21Cl2N3O4. The van der Waals surface area contributed by atoms with Gasteiger partial charge in [0, 0.05) is 6.54 Å². The molecule has 0 fully saturated rings. The summed E-state index contributed by atoms with van der Waals surface area (Å²) in [5.74, 6) is 0.339. The van der Waals surface area contributed by atoms with Crippen LogP contribution in [-0.2, 0) is 16.0 Å². The van der Waals surface area contributed by atoms with E-state index in [0.717, 1.165) is 5.56 Å². The van der Waals surface area contributed by atoms with Crippen molar-refractivity contribution < 1.29 is 19.1 Å². The lowest BCUT2D eigenvalue weighted by atomic mass is 10.1. The van der Waals surface area contributed by atoms with Gasteiger partial charge in [0.05, 0.1) is 30.5 Å². The zero-order valence-electron chi connectivity index (χ0n) is 16.0. The van der Waals surface area contributed by atoms with Crippen LogP contribution < -0.4 is 20.2 Å². The van der Waals surface area contributed by atoms with E-state index in [4.69, 9.17) is 32.7 Å². The molecule has 0 atom stereocenters. The number of hydrogen-bond donors (Lipinski definition) is 2. The van der Waals surface area contributed by atoms with Gasteiger partial charge in [-0.2, -0.15) is 5.10 Å². The van der Waals surface area contributed by atoms with E-state index >= 15 is 0 Å². The van der Waals surface area contributed by atoms with Crippen LogP contribution in [0.5, 0.6) is 11.5 Å². The summed E-state index contributed by atoms with van der Waals surface area (Å²) in [6, 6.07) is 10.5. The Morgan fingerprint density at radius 2 is 1.76 bits per heavy atom. The molecule has 0 spiro atoms. The number of carbonyl (C=O) groups excluding carboxylic acids is 2. The zero-order chi connectivity index (χ0) is 21.2. The van der Waals surface area contributed by atoms with E-state index in [9.17, 15) is 9.59 Å². The van der Waals surface area contributed by atoms with E-state index in [1.807, 2.05) is 12.1 Å². The lowest BCUT2D eigenvalue weighted by Crippen LogP contribution is -2.31. The Morgan fingerprint density at radius 3 is 2.45 bits per heavy atom. The van der Waals surface area contributed by atoms with Crippen molar-refractivity contribution in [3.63, 3.8) is 0 Å². The third-order valence-electron chi connectivity index (χ3n) is 3.85. The second-order valence-electron chi connectivity index (χ2n) is 5.93. The molecule has 154 valence electrons. The Morgan fingerprint density at radius 1 is 1.00 bits per heavy atom. The Labute approximate surface area is 179 Å². The van der Waals surface area contributed by atoms with Gasteiger partial charge in [-0.25, -0.2) is 5.43 Å². The van der Waals surface area contributed by atoms with Crippen LogP contribution in [0.2, 0.25) is 10.0 Å². The summed E-state index contributed by atoms with van der Waals surface area (Å²) in [7, 11) is 3.13. The molecule has 2 rings (SSSR count). The predicted molar refractivity (Wildman–Crippen MR) is 113 cm³/mol. The number of nitrogens with zero attached hydrogens (tertiary/aromatic N) is 1. The molecule has 0 saturated carbocycles. The van der Waals surface area contributed by atoms with Crippen molar-refractivity contribution in [2.24, 2.45) is 5.10 Å². The van der Waals surface area contributed by atoms with Crippen molar-refractivity contribution in [1.82, 2.24) is 10.7 Å². The monoisotopic (exact) mass is 437 g/mol. The Bertz CT molecular complexity index is 903. The van der Waals surface area contributed by atoms with E-state index in [1.54, 1.807) is 38.5 Å². The SMILES string of the molecule is COc1ccc(CCNC(=O)CC(=O)NN=Cc2ccc(Cl)c(Cl)c2)cc1OC. The first-order chi connectivity index (χ1) is 13.9. The largest absolute Gasteiger partial charge is 0.493 e. The number of halogens is 2. The topological polar surface area (TPSA) is 89.0 Å². The lowest BCUT2D eigenvalue weighted by molar-refractivity contribution is -0.129. The molecule has 0 bridgehead atoms. The minimum atomic E-state index is -0.523. The van der Waals surface area contributed by atoms with E-state index in [1.165, 1.54) is 6.21 Å². The molecule has 2 aromatic carbocycles. The third kappa shape index (κ3) is 7.29. The first kappa shape index (κ1) is 22.5. The summed E-state index contributed by atoms with van der Waals surface area (Å²) in [6.45, 7) is 0.383. The highest BCUT2D eigenvalue weighted by Gasteiger charge is 2.09. The summed E-state index contributed by atoms with van der Waals surface area (Å²) in [4.78, 5) is 23.7. The van der Waals surface area contributed by atoms with Gasteiger partial charge in [-0.15, -0.1) is 0 Å². The van der Waals surface area contributed by atoms with Gasteiger partial charge in [-0.3, -0.25) is 9.59 Å². The summed E-state index contributed by atoms with van der Waals surface area (Å²) in [5.41, 5.74) is 3.93. The summed E-state index contributed by atoms with van der Waals surface area (Å²) in [6.07, 6.45) is 1.67. The molecule has 0 saturated heterocycles. The van der Waals surface area contributed by atoms with E-state index in [-0.39, 0.29) is 6.42 Å². The molecule has 9 heteroatoms. The Kier molecular flexibility index (Phi) is 8.76. The van der Waals surface area contributed by atoms with Crippen molar-refractivity contribution in [3.05, 3.63) is 57.6 Å². The van der Waals surface area contributed by atoms with Gasteiger partial charge in [0.15, 0.2) is 11.5 Å². The molecule has 0 aliphatic carbocycles. The predicted octanol–water partition coefficient (Wildman–Crippen LogP) is 3.21. The van der Waals surface area contributed by atoms with Gasteiger partial charge in [0.1, 0.15) is 6.42 Å². The van der Waals surface area contributed by atoms with Crippen molar-refractivity contribution in [2.45, 2.75) is 12.8 Å². The van der Waals surface area contributed by atoms with Gasteiger partial charge in [0.25, 0.3) is 0 Å². The highest BCUT2D eigenvalue weighted by Crippen LogP contribution is 2.27. The first-order valence-electron chi connectivity index (χ1n) is 8.67. The molecule has 2 aromatic rings. The first-order valence-corrected chi connectivity index (χ1v) is 9.43. The average molecular weight is 438 g/mol. The third-order valence-corrected chi connectivity index (χ3v) is 4.59. The number of hydrogen-bond acceptors (Lipinski definition) is 5. The standard InChI is InChI=1S/C20H21Cl2N3O4/c1-28-17-6-4-13(10-18(17)29-2)7-8-23-19(26)11-20(27)25-24-12-14-3-5-15(21)16(22)9-14/h3-6,9-10,12H,7-8,11H2,1-2H3,(H,23,26)(H,25,27). The van der Waals surface area contributed by atoms with Gasteiger partial charge in [-0.05, 0) is 41.8 Å². The van der Waals surface area contributed by atoms with Gasteiger partial charge in [-0.1, -0.05) is 35.3 Å². The lowest BCUT2D eigenvalue weighted by Gasteiger charge is -2.10. The number of rotatable bonds is 9. The number of amides is 2. The van der Waals surface area contributed by atoms with Gasteiger partial charge < -0.3 is 14.8 Å².